The predicted molar refractivity (Wildman–Crippen MR) is 108 cm³/mol. The average molecular weight is 388 g/mol. The third-order valence-corrected chi connectivity index (χ3v) is 4.39. The van der Waals surface area contributed by atoms with Gasteiger partial charge in [0, 0.05) is 11.1 Å². The summed E-state index contributed by atoms with van der Waals surface area (Å²) in [5.74, 6) is 0.710. The zero-order valence-electron chi connectivity index (χ0n) is 15.6. The molecule has 5 nitrogen and oxygen atoms in total. The second kappa shape index (κ2) is 7.98. The molecule has 1 N–H and O–H groups in total. The first-order chi connectivity index (χ1) is 14.2. The minimum Gasteiger partial charge on any atom is -0.495 e. The van der Waals surface area contributed by atoms with Gasteiger partial charge in [0.1, 0.15) is 11.6 Å². The molecule has 29 heavy (non-hydrogen) atoms. The Balaban J connectivity index is 1.65. The summed E-state index contributed by atoms with van der Waals surface area (Å²) in [5.41, 5.74) is 2.22. The number of halogens is 1. The van der Waals surface area contributed by atoms with Crippen molar-refractivity contribution < 1.29 is 18.3 Å². The van der Waals surface area contributed by atoms with Crippen LogP contribution >= 0.6 is 0 Å². The Bertz CT molecular complexity index is 1150. The summed E-state index contributed by atoms with van der Waals surface area (Å²) in [6, 6.07) is 20.1. The summed E-state index contributed by atoms with van der Waals surface area (Å²) >= 11 is 0. The Labute approximate surface area is 166 Å². The fourth-order valence-corrected chi connectivity index (χ4v) is 2.95. The molecule has 6 heteroatoms. The normalized spacial score (nSPS) is 10.6. The smallest absolute Gasteiger partial charge is 0.256 e. The van der Waals surface area contributed by atoms with Crippen LogP contribution < -0.4 is 10.1 Å². The van der Waals surface area contributed by atoms with Gasteiger partial charge in [-0.1, -0.05) is 24.3 Å². The zero-order valence-corrected chi connectivity index (χ0v) is 15.6. The van der Waals surface area contributed by atoms with Crippen LogP contribution in [0, 0.1) is 5.82 Å². The van der Waals surface area contributed by atoms with Gasteiger partial charge in [-0.3, -0.25) is 4.79 Å². The van der Waals surface area contributed by atoms with E-state index in [9.17, 15) is 9.18 Å². The number of methoxy groups -OCH3 is 1. The number of rotatable bonds is 5. The second-order valence-corrected chi connectivity index (χ2v) is 6.24. The molecule has 0 aliphatic heterocycles. The predicted octanol–water partition coefficient (Wildman–Crippen LogP) is 5.41. The fraction of sp³-hybridized carbons (Fsp3) is 0.0435. The fourth-order valence-electron chi connectivity index (χ4n) is 2.95. The highest BCUT2D eigenvalue weighted by Gasteiger charge is 2.18. The van der Waals surface area contributed by atoms with Crippen LogP contribution in [-0.4, -0.2) is 18.0 Å². The van der Waals surface area contributed by atoms with Crippen molar-refractivity contribution in [3.8, 4) is 28.5 Å². The van der Waals surface area contributed by atoms with Gasteiger partial charge in [0.25, 0.3) is 5.91 Å². The standard InChI is InChI=1S/C23H17FN2O3/c1-28-20-9-5-4-8-19(20)26-22(27)17-6-2-3-7-18(17)23-25-14-21(29-23)15-10-12-16(24)13-11-15/h2-14H,1H3,(H,26,27). The zero-order chi connectivity index (χ0) is 20.2. The molecule has 4 aromatic rings. The van der Waals surface area contributed by atoms with Gasteiger partial charge >= 0.3 is 0 Å². The Morgan fingerprint density at radius 3 is 2.52 bits per heavy atom. The summed E-state index contributed by atoms with van der Waals surface area (Å²) in [6.45, 7) is 0. The summed E-state index contributed by atoms with van der Waals surface area (Å²) in [5, 5.41) is 2.86. The van der Waals surface area contributed by atoms with Gasteiger partial charge in [-0.25, -0.2) is 9.37 Å². The molecule has 1 heterocycles. The summed E-state index contributed by atoms with van der Waals surface area (Å²) in [6.07, 6.45) is 1.55. The number of hydrogen-bond acceptors (Lipinski definition) is 4. The van der Waals surface area contributed by atoms with Crippen molar-refractivity contribution in [1.82, 2.24) is 4.98 Å². The minimum absolute atomic E-state index is 0.301. The van der Waals surface area contributed by atoms with E-state index in [1.54, 1.807) is 61.8 Å². The lowest BCUT2D eigenvalue weighted by Gasteiger charge is -2.11. The Kier molecular flexibility index (Phi) is 5.07. The lowest BCUT2D eigenvalue weighted by molar-refractivity contribution is 0.102. The first-order valence-corrected chi connectivity index (χ1v) is 8.91. The van der Waals surface area contributed by atoms with Crippen molar-refractivity contribution in [1.29, 1.82) is 0 Å². The van der Waals surface area contributed by atoms with Crippen molar-refractivity contribution >= 4 is 11.6 Å². The Morgan fingerprint density at radius 1 is 1.00 bits per heavy atom. The van der Waals surface area contributed by atoms with Gasteiger partial charge in [0.15, 0.2) is 5.76 Å². The first kappa shape index (κ1) is 18.4. The average Bonchev–Trinajstić information content (AvgIpc) is 3.25. The van der Waals surface area contributed by atoms with Crippen molar-refractivity contribution in [3.05, 3.63) is 90.4 Å². The van der Waals surface area contributed by atoms with Crippen LogP contribution in [0.2, 0.25) is 0 Å². The number of amides is 1. The van der Waals surface area contributed by atoms with Gasteiger partial charge in [0.05, 0.1) is 24.6 Å². The molecule has 0 saturated carbocycles. The molecule has 0 unspecified atom stereocenters. The van der Waals surface area contributed by atoms with E-state index in [2.05, 4.69) is 10.3 Å². The summed E-state index contributed by atoms with van der Waals surface area (Å²) in [4.78, 5) is 17.2. The number of nitrogens with one attached hydrogen (secondary N) is 1. The Morgan fingerprint density at radius 2 is 1.72 bits per heavy atom. The number of carbonyl (C=O) groups is 1. The number of benzene rings is 3. The van der Waals surface area contributed by atoms with E-state index < -0.39 is 0 Å². The number of oxazole rings is 1. The number of anilines is 1. The van der Waals surface area contributed by atoms with Crippen LogP contribution in [0.5, 0.6) is 5.75 Å². The number of para-hydroxylation sites is 2. The van der Waals surface area contributed by atoms with E-state index in [4.69, 9.17) is 9.15 Å². The highest BCUT2D eigenvalue weighted by atomic mass is 19.1. The maximum atomic E-state index is 13.1. The molecule has 4 rings (SSSR count). The maximum Gasteiger partial charge on any atom is 0.256 e. The van der Waals surface area contributed by atoms with Crippen LogP contribution in [0.3, 0.4) is 0 Å². The number of ether oxygens (including phenoxy) is 1. The van der Waals surface area contributed by atoms with Crippen molar-refractivity contribution in [2.45, 2.75) is 0 Å². The number of nitrogens with zero attached hydrogens (tertiary/aromatic N) is 1. The lowest BCUT2D eigenvalue weighted by atomic mass is 10.1. The van der Waals surface area contributed by atoms with Crippen LogP contribution in [0.4, 0.5) is 10.1 Å². The van der Waals surface area contributed by atoms with E-state index in [0.717, 1.165) is 0 Å². The molecule has 0 aliphatic carbocycles. The van der Waals surface area contributed by atoms with Crippen molar-refractivity contribution in [2.24, 2.45) is 0 Å². The lowest BCUT2D eigenvalue weighted by Crippen LogP contribution is -2.13. The molecule has 0 bridgehead atoms. The van der Waals surface area contributed by atoms with Crippen LogP contribution in [0.15, 0.2) is 83.4 Å². The third kappa shape index (κ3) is 3.87. The highest BCUT2D eigenvalue weighted by molar-refractivity contribution is 6.08. The molecule has 0 atom stereocenters. The molecule has 144 valence electrons. The van der Waals surface area contributed by atoms with Gasteiger partial charge < -0.3 is 14.5 Å². The van der Waals surface area contributed by atoms with Crippen LogP contribution in [0.1, 0.15) is 10.4 Å². The first-order valence-electron chi connectivity index (χ1n) is 8.91. The molecule has 0 fully saturated rings. The number of aromatic nitrogens is 1. The van der Waals surface area contributed by atoms with Crippen molar-refractivity contribution in [2.75, 3.05) is 12.4 Å². The van der Waals surface area contributed by atoms with Gasteiger partial charge in [-0.2, -0.15) is 0 Å². The number of hydrogen-bond donors (Lipinski definition) is 1. The topological polar surface area (TPSA) is 64.4 Å². The largest absolute Gasteiger partial charge is 0.495 e. The molecule has 0 radical (unpaired) electrons. The minimum atomic E-state index is -0.327. The monoisotopic (exact) mass is 388 g/mol. The van der Waals surface area contributed by atoms with Gasteiger partial charge in [-0.15, -0.1) is 0 Å². The summed E-state index contributed by atoms with van der Waals surface area (Å²) in [7, 11) is 1.54. The van der Waals surface area contributed by atoms with Crippen molar-refractivity contribution in [3.63, 3.8) is 0 Å². The molecular formula is C23H17FN2O3. The Hall–Kier alpha value is -3.93. The molecule has 1 amide bonds. The van der Waals surface area contributed by atoms with E-state index in [-0.39, 0.29) is 11.7 Å². The van der Waals surface area contributed by atoms with E-state index in [1.807, 2.05) is 12.1 Å². The van der Waals surface area contributed by atoms with Crippen LogP contribution in [-0.2, 0) is 0 Å². The molecule has 0 aliphatic rings. The third-order valence-electron chi connectivity index (χ3n) is 4.39. The SMILES string of the molecule is COc1ccccc1NC(=O)c1ccccc1-c1ncc(-c2ccc(F)cc2)o1. The molecule has 1 aromatic heterocycles. The van der Waals surface area contributed by atoms with E-state index in [0.29, 0.717) is 39.8 Å². The van der Waals surface area contributed by atoms with Crippen LogP contribution in [0.25, 0.3) is 22.8 Å². The highest BCUT2D eigenvalue weighted by Crippen LogP contribution is 2.30. The molecule has 0 spiro atoms. The molecule has 3 aromatic carbocycles. The number of carbonyl (C=O) groups excluding carboxylic acids is 1. The van der Waals surface area contributed by atoms with E-state index in [1.165, 1.54) is 12.1 Å². The quantitative estimate of drug-likeness (QED) is 0.497. The second-order valence-electron chi connectivity index (χ2n) is 6.24. The molecule has 0 saturated heterocycles. The van der Waals surface area contributed by atoms with Gasteiger partial charge in [0.2, 0.25) is 5.89 Å². The van der Waals surface area contributed by atoms with Gasteiger partial charge in [-0.05, 0) is 48.5 Å². The van der Waals surface area contributed by atoms with E-state index >= 15 is 0 Å². The maximum absolute atomic E-state index is 13.1. The molecular weight excluding hydrogens is 371 g/mol. The summed E-state index contributed by atoms with van der Waals surface area (Å²) < 4.78 is 24.3.